The number of aryl methyl sites for hydroxylation is 1. The quantitative estimate of drug-likeness (QED) is 0.261. The second-order valence-electron chi connectivity index (χ2n) is 8.74. The molecule has 0 aliphatic carbocycles. The van der Waals surface area contributed by atoms with E-state index in [1.807, 2.05) is 6.92 Å². The Morgan fingerprint density at radius 2 is 1.38 bits per heavy atom. The van der Waals surface area contributed by atoms with Gasteiger partial charge >= 0.3 is 0 Å². The number of carbonyl (C=O) groups excluding carboxylic acids is 1. The molecule has 4 aromatic carbocycles. The second-order valence-corrected chi connectivity index (χ2v) is 12.8. The first-order valence-corrected chi connectivity index (χ1v) is 15.1. The Morgan fingerprint density at radius 1 is 0.800 bits per heavy atom. The summed E-state index contributed by atoms with van der Waals surface area (Å²) in [6.45, 7) is 1.81. The maximum Gasteiger partial charge on any atom is 0.264 e. The van der Waals surface area contributed by atoms with E-state index in [2.05, 4.69) is 10.0 Å². The zero-order valence-electron chi connectivity index (χ0n) is 21.8. The van der Waals surface area contributed by atoms with Gasteiger partial charge < -0.3 is 10.1 Å². The van der Waals surface area contributed by atoms with Crippen LogP contribution in [0.4, 0.5) is 17.1 Å². The van der Waals surface area contributed by atoms with Crippen molar-refractivity contribution in [3.8, 4) is 5.75 Å². The van der Waals surface area contributed by atoms with Crippen molar-refractivity contribution in [2.45, 2.75) is 16.7 Å². The highest BCUT2D eigenvalue weighted by Gasteiger charge is 2.22. The van der Waals surface area contributed by atoms with Crippen molar-refractivity contribution < 1.29 is 26.4 Å². The Balaban J connectivity index is 1.42. The molecule has 208 valence electrons. The summed E-state index contributed by atoms with van der Waals surface area (Å²) in [5, 5.41) is 3.14. The maximum absolute atomic E-state index is 13.0. The van der Waals surface area contributed by atoms with Gasteiger partial charge in [-0.3, -0.25) is 13.8 Å². The summed E-state index contributed by atoms with van der Waals surface area (Å²) in [5.74, 6) is 0.0905. The number of hydrogen-bond acceptors (Lipinski definition) is 6. The minimum Gasteiger partial charge on any atom is -0.497 e. The number of anilines is 3. The van der Waals surface area contributed by atoms with Crippen LogP contribution in [-0.4, -0.2) is 36.9 Å². The van der Waals surface area contributed by atoms with Crippen LogP contribution >= 0.6 is 11.6 Å². The highest BCUT2D eigenvalue weighted by atomic mass is 35.5. The van der Waals surface area contributed by atoms with E-state index >= 15 is 0 Å². The maximum atomic E-state index is 13.0. The number of benzene rings is 4. The third-order valence-corrected chi connectivity index (χ3v) is 9.66. The van der Waals surface area contributed by atoms with Crippen LogP contribution in [0, 0.1) is 6.92 Å². The molecular formula is C28H26ClN3O6S2. The third kappa shape index (κ3) is 6.39. The van der Waals surface area contributed by atoms with Crippen LogP contribution in [-0.2, 0) is 20.0 Å². The van der Waals surface area contributed by atoms with Gasteiger partial charge in [-0.25, -0.2) is 16.8 Å². The monoisotopic (exact) mass is 599 g/mol. The number of hydrogen-bond donors (Lipinski definition) is 2. The molecule has 0 spiro atoms. The molecule has 1 amide bonds. The molecule has 0 saturated heterocycles. The van der Waals surface area contributed by atoms with Crippen molar-refractivity contribution >= 4 is 54.6 Å². The van der Waals surface area contributed by atoms with Gasteiger partial charge in [-0.05, 0) is 97.4 Å². The molecule has 0 radical (unpaired) electrons. The minimum atomic E-state index is -3.87. The lowest BCUT2D eigenvalue weighted by molar-refractivity contribution is 0.102. The molecule has 12 heteroatoms. The standard InChI is InChI=1S/C28H26ClN3O6S2/c1-19-4-7-22(18-27(19)29)31-39(34,35)25-14-8-21(9-15-25)30-28(33)20-5-10-23(11-6-20)32(2)40(36,37)26-16-12-24(38-3)13-17-26/h4-18,31H,1-3H3,(H,30,33). The number of sulfonamides is 2. The minimum absolute atomic E-state index is 0.00709. The van der Waals surface area contributed by atoms with Crippen LogP contribution in [0.15, 0.2) is 101 Å². The Labute approximate surface area is 238 Å². The highest BCUT2D eigenvalue weighted by molar-refractivity contribution is 7.93. The van der Waals surface area contributed by atoms with Crippen molar-refractivity contribution in [2.24, 2.45) is 0 Å². The lowest BCUT2D eigenvalue weighted by Crippen LogP contribution is -2.26. The summed E-state index contributed by atoms with van der Waals surface area (Å²) in [6, 6.07) is 22.6. The number of nitrogens with zero attached hydrogens (tertiary/aromatic N) is 1. The molecule has 0 unspecified atom stereocenters. The molecule has 0 fully saturated rings. The summed E-state index contributed by atoms with van der Waals surface area (Å²) >= 11 is 6.08. The van der Waals surface area contributed by atoms with Gasteiger partial charge in [0, 0.05) is 23.3 Å². The number of methoxy groups -OCH3 is 1. The first kappa shape index (κ1) is 28.9. The Hall–Kier alpha value is -4.06. The first-order valence-electron chi connectivity index (χ1n) is 11.8. The highest BCUT2D eigenvalue weighted by Crippen LogP contribution is 2.25. The van der Waals surface area contributed by atoms with Crippen molar-refractivity contribution in [1.29, 1.82) is 0 Å². The lowest BCUT2D eigenvalue weighted by atomic mass is 10.2. The van der Waals surface area contributed by atoms with Crippen LogP contribution in [0.25, 0.3) is 0 Å². The van der Waals surface area contributed by atoms with Gasteiger partial charge in [-0.2, -0.15) is 0 Å². The van der Waals surface area contributed by atoms with Gasteiger partial charge in [-0.15, -0.1) is 0 Å². The molecule has 0 atom stereocenters. The fraction of sp³-hybridized carbons (Fsp3) is 0.107. The van der Waals surface area contributed by atoms with Crippen molar-refractivity contribution in [3.05, 3.63) is 107 Å². The number of halogens is 1. The molecule has 0 aliphatic rings. The molecule has 4 aromatic rings. The summed E-state index contributed by atoms with van der Waals surface area (Å²) < 4.78 is 60.1. The zero-order valence-corrected chi connectivity index (χ0v) is 24.1. The van der Waals surface area contributed by atoms with E-state index in [0.717, 1.165) is 9.87 Å². The SMILES string of the molecule is COc1ccc(S(=O)(=O)N(C)c2ccc(C(=O)Nc3ccc(S(=O)(=O)Nc4ccc(C)c(Cl)c4)cc3)cc2)cc1. The third-order valence-electron chi connectivity index (χ3n) is 6.06. The van der Waals surface area contributed by atoms with Crippen molar-refractivity contribution in [1.82, 2.24) is 0 Å². The number of carbonyl (C=O) groups is 1. The molecule has 0 aromatic heterocycles. The van der Waals surface area contributed by atoms with Crippen LogP contribution in [0.5, 0.6) is 5.75 Å². The van der Waals surface area contributed by atoms with Gasteiger partial charge in [-0.1, -0.05) is 17.7 Å². The van der Waals surface area contributed by atoms with Crippen LogP contribution < -0.4 is 19.1 Å². The predicted molar refractivity (Wildman–Crippen MR) is 156 cm³/mol. The average Bonchev–Trinajstić information content (AvgIpc) is 2.95. The zero-order chi connectivity index (χ0) is 29.1. The van der Waals surface area contributed by atoms with E-state index in [-0.39, 0.29) is 15.4 Å². The number of rotatable bonds is 9. The van der Waals surface area contributed by atoms with Gasteiger partial charge in [0.1, 0.15) is 5.75 Å². The smallest absolute Gasteiger partial charge is 0.264 e. The summed E-state index contributed by atoms with van der Waals surface area (Å²) in [5.41, 5.74) is 2.19. The number of amides is 1. The van der Waals surface area contributed by atoms with E-state index in [9.17, 15) is 21.6 Å². The topological polar surface area (TPSA) is 122 Å². The first-order chi connectivity index (χ1) is 18.9. The number of ether oxygens (including phenoxy) is 1. The fourth-order valence-corrected chi connectivity index (χ4v) is 6.08. The molecule has 0 aliphatic heterocycles. The normalized spacial score (nSPS) is 11.5. The molecule has 9 nitrogen and oxygen atoms in total. The van der Waals surface area contributed by atoms with Gasteiger partial charge in [0.2, 0.25) is 0 Å². The Morgan fingerprint density at radius 3 is 1.95 bits per heavy atom. The molecular weight excluding hydrogens is 574 g/mol. The number of nitrogens with one attached hydrogen (secondary N) is 2. The largest absolute Gasteiger partial charge is 0.497 e. The summed E-state index contributed by atoms with van der Waals surface area (Å²) in [4.78, 5) is 12.9. The van der Waals surface area contributed by atoms with Gasteiger partial charge in [0.05, 0.1) is 28.3 Å². The van der Waals surface area contributed by atoms with E-state index in [1.165, 1.54) is 80.9 Å². The van der Waals surface area contributed by atoms with Crippen molar-refractivity contribution in [2.75, 3.05) is 28.5 Å². The van der Waals surface area contributed by atoms with Gasteiger partial charge in [0.25, 0.3) is 26.0 Å². The van der Waals surface area contributed by atoms with Crippen LogP contribution in [0.3, 0.4) is 0 Å². The van der Waals surface area contributed by atoms with E-state index in [1.54, 1.807) is 24.3 Å². The van der Waals surface area contributed by atoms with Crippen molar-refractivity contribution in [3.63, 3.8) is 0 Å². The second kappa shape index (κ2) is 11.6. The van der Waals surface area contributed by atoms with E-state index < -0.39 is 26.0 Å². The van der Waals surface area contributed by atoms with Crippen LogP contribution in [0.1, 0.15) is 15.9 Å². The lowest BCUT2D eigenvalue weighted by Gasteiger charge is -2.20. The Kier molecular flexibility index (Phi) is 8.38. The predicted octanol–water partition coefficient (Wildman–Crippen LogP) is 5.54. The summed E-state index contributed by atoms with van der Waals surface area (Å²) in [7, 11) is -4.77. The molecule has 4 rings (SSSR count). The molecule has 40 heavy (non-hydrogen) atoms. The molecule has 0 saturated carbocycles. The fourth-order valence-electron chi connectivity index (χ4n) is 3.66. The average molecular weight is 600 g/mol. The summed E-state index contributed by atoms with van der Waals surface area (Å²) in [6.07, 6.45) is 0. The van der Waals surface area contributed by atoms with Crippen LogP contribution in [0.2, 0.25) is 5.02 Å². The van der Waals surface area contributed by atoms with Gasteiger partial charge in [0.15, 0.2) is 0 Å². The molecule has 0 heterocycles. The van der Waals surface area contributed by atoms with E-state index in [0.29, 0.717) is 27.8 Å². The van der Waals surface area contributed by atoms with E-state index in [4.69, 9.17) is 16.3 Å². The molecule has 0 bridgehead atoms. The molecule has 2 N–H and O–H groups in total. The Bertz CT molecular complexity index is 1740.